The Hall–Kier alpha value is -4.90. The molecule has 6 rings (SSSR count). The van der Waals surface area contributed by atoms with Crippen molar-refractivity contribution in [2.75, 3.05) is 45.5 Å². The number of furan rings is 1. The smallest absolute Gasteiger partial charge is 0.255 e. The summed E-state index contributed by atoms with van der Waals surface area (Å²) < 4.78 is 59.9. The number of carbonyl (C=O) groups excluding carboxylic acids is 1. The van der Waals surface area contributed by atoms with Gasteiger partial charge in [-0.15, -0.1) is 0 Å². The van der Waals surface area contributed by atoms with Crippen LogP contribution >= 0.6 is 8.15 Å². The van der Waals surface area contributed by atoms with Crippen molar-refractivity contribution in [2.45, 2.75) is 6.10 Å². The van der Waals surface area contributed by atoms with Crippen LogP contribution in [0.1, 0.15) is 10.4 Å². The van der Waals surface area contributed by atoms with Gasteiger partial charge in [-0.1, -0.05) is 6.07 Å². The van der Waals surface area contributed by atoms with E-state index in [-0.39, 0.29) is 41.0 Å². The van der Waals surface area contributed by atoms with Crippen molar-refractivity contribution < 1.29 is 41.5 Å². The van der Waals surface area contributed by atoms with E-state index in [1.165, 1.54) is 38.4 Å². The number of methoxy groups -OCH3 is 1. The van der Waals surface area contributed by atoms with E-state index in [0.29, 0.717) is 44.7 Å². The van der Waals surface area contributed by atoms with Crippen molar-refractivity contribution in [1.82, 2.24) is 10.3 Å². The molecule has 48 heavy (non-hydrogen) atoms. The van der Waals surface area contributed by atoms with Crippen LogP contribution in [0.2, 0.25) is 0 Å². The van der Waals surface area contributed by atoms with Gasteiger partial charge in [-0.25, -0.2) is 18.2 Å². The first-order valence-electron chi connectivity index (χ1n) is 14.8. The van der Waals surface area contributed by atoms with Gasteiger partial charge in [0.05, 0.1) is 24.3 Å². The molecular weight excluding hydrogens is 646 g/mol. The Morgan fingerprint density at radius 2 is 1.71 bits per heavy atom. The molecule has 248 valence electrons. The van der Waals surface area contributed by atoms with Crippen LogP contribution in [0.15, 0.2) is 75.6 Å². The molecule has 0 aliphatic carbocycles. The highest BCUT2D eigenvalue weighted by atomic mass is 31.1. The van der Waals surface area contributed by atoms with Crippen LogP contribution in [0, 0.1) is 17.5 Å². The van der Waals surface area contributed by atoms with Crippen LogP contribution in [0.25, 0.3) is 56.0 Å². The first kappa shape index (κ1) is 33.0. The number of amides is 1. The van der Waals surface area contributed by atoms with E-state index in [1.807, 2.05) is 0 Å². The van der Waals surface area contributed by atoms with E-state index in [0.717, 1.165) is 12.1 Å². The minimum atomic E-state index is -1.35. The third-order valence-corrected chi connectivity index (χ3v) is 8.84. The van der Waals surface area contributed by atoms with Crippen molar-refractivity contribution in [3.05, 3.63) is 89.7 Å². The molecule has 0 spiro atoms. The summed E-state index contributed by atoms with van der Waals surface area (Å²) in [6.07, 6.45) is -0.649. The number of halogens is 3. The fraction of sp³-hybridized carbons (Fsp3) is 0.200. The third kappa shape index (κ3) is 6.34. The quantitative estimate of drug-likeness (QED) is 0.131. The van der Waals surface area contributed by atoms with E-state index in [9.17, 15) is 28.0 Å². The summed E-state index contributed by atoms with van der Waals surface area (Å²) in [5.41, 5.74) is 3.02. The molecule has 2 heterocycles. The topological polar surface area (TPSA) is 121 Å². The normalized spacial score (nSPS) is 12.8. The second kappa shape index (κ2) is 13.3. The molecule has 0 saturated carbocycles. The number of rotatable bonds is 10. The number of nitrogens with one attached hydrogen (secondary N) is 1. The van der Waals surface area contributed by atoms with Crippen molar-refractivity contribution in [2.24, 2.45) is 0 Å². The van der Waals surface area contributed by atoms with E-state index < -0.39 is 37.6 Å². The average molecular weight is 678 g/mol. The fourth-order valence-electron chi connectivity index (χ4n) is 5.73. The molecule has 13 heteroatoms. The molecule has 2 unspecified atom stereocenters. The van der Waals surface area contributed by atoms with Crippen LogP contribution in [-0.2, 0) is 0 Å². The number of aromatic nitrogens is 1. The standard InChI is InChI=1S/C35H31F3N3O6P/c1-39-34(43)31-24-14-23(19-7-10-28(45-3)25(11-19)35-40-32-26(38)12-21(37)13-30(32)47-35)27(41(2)16-22(42)17-48(4)44)15-29(24)46-33(31)18-5-8-20(36)9-6-18/h5-15,22,42,44H,16-17H2,1-4H3,(H,39,43). The van der Waals surface area contributed by atoms with Gasteiger partial charge in [0, 0.05) is 75.4 Å². The Kier molecular flexibility index (Phi) is 9.15. The van der Waals surface area contributed by atoms with Crippen molar-refractivity contribution in [1.29, 1.82) is 0 Å². The highest BCUT2D eigenvalue weighted by Gasteiger charge is 2.26. The number of anilines is 1. The second-order valence-corrected chi connectivity index (χ2v) is 13.0. The summed E-state index contributed by atoms with van der Waals surface area (Å²) in [7, 11) is 3.37. The number of aliphatic hydroxyl groups is 1. The number of likely N-dealkylation sites (N-methyl/N-ethyl adjacent to an activating group) is 1. The van der Waals surface area contributed by atoms with Crippen molar-refractivity contribution >= 4 is 41.8 Å². The Morgan fingerprint density at radius 1 is 0.979 bits per heavy atom. The lowest BCUT2D eigenvalue weighted by molar-refractivity contribution is 0.0964. The Balaban J connectivity index is 1.58. The SMILES string of the molecule is CNC(=O)c1c(-c2ccc(F)cc2)oc2cc(N(C)CC(O)CP(C)O)c(-c3ccc(OC)c(-c4nc5c(F)cc(F)cc5o4)c3)cc12. The van der Waals surface area contributed by atoms with Gasteiger partial charge in [0.2, 0.25) is 5.89 Å². The van der Waals surface area contributed by atoms with E-state index in [1.54, 1.807) is 48.9 Å². The molecule has 9 nitrogen and oxygen atoms in total. The molecule has 0 bridgehead atoms. The molecule has 0 saturated heterocycles. The van der Waals surface area contributed by atoms with Crippen LogP contribution in [0.4, 0.5) is 18.9 Å². The first-order valence-corrected chi connectivity index (χ1v) is 16.7. The lowest BCUT2D eigenvalue weighted by Crippen LogP contribution is -2.31. The summed E-state index contributed by atoms with van der Waals surface area (Å²) in [6.45, 7) is 1.81. The number of carbonyl (C=O) groups is 1. The zero-order valence-corrected chi connectivity index (χ0v) is 27.2. The maximum absolute atomic E-state index is 14.6. The van der Waals surface area contributed by atoms with Crippen LogP contribution in [-0.4, -0.2) is 67.6 Å². The fourth-order valence-corrected chi connectivity index (χ4v) is 6.45. The predicted octanol–water partition coefficient (Wildman–Crippen LogP) is 7.18. The summed E-state index contributed by atoms with van der Waals surface area (Å²) in [5.74, 6) is -1.97. The van der Waals surface area contributed by atoms with Crippen LogP contribution < -0.4 is 15.0 Å². The molecule has 6 aromatic rings. The van der Waals surface area contributed by atoms with E-state index in [2.05, 4.69) is 10.3 Å². The Morgan fingerprint density at radius 3 is 2.40 bits per heavy atom. The number of aliphatic hydroxyl groups excluding tert-OH is 1. The number of oxazole rings is 1. The van der Waals surface area contributed by atoms with Gasteiger partial charge in [-0.3, -0.25) is 4.79 Å². The summed E-state index contributed by atoms with van der Waals surface area (Å²) in [4.78, 5) is 29.3. The molecule has 0 aliphatic heterocycles. The highest BCUT2D eigenvalue weighted by molar-refractivity contribution is 7.50. The maximum Gasteiger partial charge on any atom is 0.255 e. The van der Waals surface area contributed by atoms with Gasteiger partial charge in [-0.05, 0) is 54.7 Å². The largest absolute Gasteiger partial charge is 0.496 e. The summed E-state index contributed by atoms with van der Waals surface area (Å²) in [6, 6.07) is 16.0. The monoisotopic (exact) mass is 677 g/mol. The lowest BCUT2D eigenvalue weighted by Gasteiger charge is -2.26. The first-order chi connectivity index (χ1) is 23.0. The number of fused-ring (bicyclic) bond motifs is 2. The molecule has 0 aliphatic rings. The van der Waals surface area contributed by atoms with Crippen LogP contribution in [0.5, 0.6) is 5.75 Å². The number of ether oxygens (including phenoxy) is 1. The third-order valence-electron chi connectivity index (χ3n) is 7.89. The number of nitrogens with zero attached hydrogens (tertiary/aromatic N) is 2. The summed E-state index contributed by atoms with van der Waals surface area (Å²) in [5, 5.41) is 13.9. The van der Waals surface area contributed by atoms with E-state index in [4.69, 9.17) is 13.6 Å². The Bertz CT molecular complexity index is 2150. The van der Waals surface area contributed by atoms with Gasteiger partial charge < -0.3 is 33.8 Å². The van der Waals surface area contributed by atoms with Crippen LogP contribution in [0.3, 0.4) is 0 Å². The van der Waals surface area contributed by atoms with Gasteiger partial charge in [0.15, 0.2) is 11.4 Å². The lowest BCUT2D eigenvalue weighted by atomic mass is 9.96. The van der Waals surface area contributed by atoms with E-state index >= 15 is 0 Å². The number of hydrogen-bond donors (Lipinski definition) is 3. The van der Waals surface area contributed by atoms with Gasteiger partial charge in [0.25, 0.3) is 5.91 Å². The maximum atomic E-state index is 14.6. The molecular formula is C35H31F3N3O6P. The predicted molar refractivity (Wildman–Crippen MR) is 179 cm³/mol. The number of hydrogen-bond acceptors (Lipinski definition) is 8. The number of benzene rings is 4. The highest BCUT2D eigenvalue weighted by Crippen LogP contribution is 2.43. The minimum Gasteiger partial charge on any atom is -0.496 e. The molecule has 3 N–H and O–H groups in total. The van der Waals surface area contributed by atoms with Gasteiger partial charge in [-0.2, -0.15) is 0 Å². The van der Waals surface area contributed by atoms with Crippen molar-refractivity contribution in [3.63, 3.8) is 0 Å². The molecule has 0 fully saturated rings. The molecule has 0 radical (unpaired) electrons. The second-order valence-electron chi connectivity index (χ2n) is 11.3. The zero-order chi connectivity index (χ0) is 34.3. The summed E-state index contributed by atoms with van der Waals surface area (Å²) >= 11 is 0. The van der Waals surface area contributed by atoms with Gasteiger partial charge >= 0.3 is 0 Å². The molecule has 2 aromatic heterocycles. The van der Waals surface area contributed by atoms with Crippen molar-refractivity contribution in [3.8, 4) is 39.7 Å². The molecule has 1 amide bonds. The Labute approximate surface area is 274 Å². The molecule has 2 atom stereocenters. The minimum absolute atomic E-state index is 0.00758. The van der Waals surface area contributed by atoms with Gasteiger partial charge in [0.1, 0.15) is 34.2 Å². The average Bonchev–Trinajstić information content (AvgIpc) is 3.65. The zero-order valence-electron chi connectivity index (χ0n) is 26.3. The molecule has 4 aromatic carbocycles.